The smallest absolute Gasteiger partial charge is 0.317 e. The van der Waals surface area contributed by atoms with Gasteiger partial charge < -0.3 is 5.32 Å². The van der Waals surface area contributed by atoms with Gasteiger partial charge in [-0.2, -0.15) is 0 Å². The Kier molecular flexibility index (Phi) is 2.95. The highest BCUT2D eigenvalue weighted by Crippen LogP contribution is 2.30. The number of rotatable bonds is 1. The molecule has 2 fully saturated rings. The van der Waals surface area contributed by atoms with E-state index in [1.54, 1.807) is 24.3 Å². The molecule has 100 valence electrons. The summed E-state index contributed by atoms with van der Waals surface area (Å²) in [6, 6.07) is 6.84. The summed E-state index contributed by atoms with van der Waals surface area (Å²) in [6.45, 7) is 0. The van der Waals surface area contributed by atoms with Crippen LogP contribution in [0.15, 0.2) is 24.3 Å². The molecule has 3 rings (SSSR count). The maximum absolute atomic E-state index is 12.0. The van der Waals surface area contributed by atoms with Crippen LogP contribution in [-0.2, 0) is 4.79 Å². The van der Waals surface area contributed by atoms with Crippen molar-refractivity contribution in [2.45, 2.75) is 31.3 Å². The molecular weight excluding hydrogens is 266 g/mol. The standard InChI is InChI=1S/C13H14ClN3O2/c14-9-1-3-10(4-2-9)17-12(19)15-13(16-17)7-5-11(18)6-8-13/h1-4,16H,5-8H2,(H,15,19). The van der Waals surface area contributed by atoms with Crippen molar-refractivity contribution in [3.63, 3.8) is 0 Å². The summed E-state index contributed by atoms with van der Waals surface area (Å²) in [6.07, 6.45) is 2.26. The second kappa shape index (κ2) is 4.51. The molecule has 1 spiro atoms. The quantitative estimate of drug-likeness (QED) is 0.828. The summed E-state index contributed by atoms with van der Waals surface area (Å²) in [7, 11) is 0. The summed E-state index contributed by atoms with van der Waals surface area (Å²) < 4.78 is 0. The average molecular weight is 280 g/mol. The van der Waals surface area contributed by atoms with Crippen LogP contribution in [0.2, 0.25) is 5.02 Å². The summed E-state index contributed by atoms with van der Waals surface area (Å²) in [5, 5.41) is 5.05. The molecule has 6 heteroatoms. The minimum Gasteiger partial charge on any atom is -0.317 e. The second-order valence-electron chi connectivity index (χ2n) is 4.97. The zero-order chi connectivity index (χ0) is 13.5. The van der Waals surface area contributed by atoms with Gasteiger partial charge in [-0.1, -0.05) is 11.6 Å². The summed E-state index contributed by atoms with van der Waals surface area (Å²) >= 11 is 5.84. The van der Waals surface area contributed by atoms with E-state index in [1.807, 2.05) is 0 Å². The van der Waals surface area contributed by atoms with Crippen molar-refractivity contribution in [1.82, 2.24) is 10.7 Å². The van der Waals surface area contributed by atoms with Gasteiger partial charge in [-0.25, -0.2) is 15.2 Å². The minimum absolute atomic E-state index is 0.198. The molecule has 1 heterocycles. The number of nitrogens with one attached hydrogen (secondary N) is 2. The van der Waals surface area contributed by atoms with E-state index in [9.17, 15) is 9.59 Å². The van der Waals surface area contributed by atoms with Crippen LogP contribution in [0.1, 0.15) is 25.7 Å². The second-order valence-corrected chi connectivity index (χ2v) is 5.41. The lowest BCUT2D eigenvalue weighted by Crippen LogP contribution is -2.53. The SMILES string of the molecule is O=C1CCC2(CC1)NC(=O)N(c1ccc(Cl)cc1)N2. The third kappa shape index (κ3) is 2.31. The van der Waals surface area contributed by atoms with E-state index in [1.165, 1.54) is 5.01 Å². The topological polar surface area (TPSA) is 61.4 Å². The van der Waals surface area contributed by atoms with Crippen LogP contribution < -0.4 is 15.8 Å². The van der Waals surface area contributed by atoms with E-state index in [2.05, 4.69) is 10.7 Å². The van der Waals surface area contributed by atoms with Crippen molar-refractivity contribution in [3.8, 4) is 0 Å². The van der Waals surface area contributed by atoms with Gasteiger partial charge in [0, 0.05) is 17.9 Å². The van der Waals surface area contributed by atoms with E-state index in [4.69, 9.17) is 11.6 Å². The Balaban J connectivity index is 1.80. The number of hydrogen-bond acceptors (Lipinski definition) is 3. The molecular formula is C13H14ClN3O2. The van der Waals surface area contributed by atoms with Crippen LogP contribution in [0, 0.1) is 0 Å². The number of benzene rings is 1. The lowest BCUT2D eigenvalue weighted by molar-refractivity contribution is -0.121. The Morgan fingerprint density at radius 3 is 2.37 bits per heavy atom. The molecule has 0 aromatic heterocycles. The van der Waals surface area contributed by atoms with Gasteiger partial charge in [-0.05, 0) is 37.1 Å². The Hall–Kier alpha value is -1.59. The third-order valence-electron chi connectivity index (χ3n) is 3.62. The molecule has 2 aliphatic rings. The van der Waals surface area contributed by atoms with Gasteiger partial charge in [-0.3, -0.25) is 4.79 Å². The predicted molar refractivity (Wildman–Crippen MR) is 71.8 cm³/mol. The summed E-state index contributed by atoms with van der Waals surface area (Å²) in [5.74, 6) is 0.256. The first-order chi connectivity index (χ1) is 9.08. The first-order valence-electron chi connectivity index (χ1n) is 6.25. The first-order valence-corrected chi connectivity index (χ1v) is 6.63. The van der Waals surface area contributed by atoms with Crippen molar-refractivity contribution < 1.29 is 9.59 Å². The number of carbonyl (C=O) groups is 2. The molecule has 1 aliphatic heterocycles. The highest BCUT2D eigenvalue weighted by molar-refractivity contribution is 6.30. The number of hydrogen-bond donors (Lipinski definition) is 2. The Labute approximate surface area is 115 Å². The van der Waals surface area contributed by atoms with Crippen LogP contribution in [-0.4, -0.2) is 17.5 Å². The largest absolute Gasteiger partial charge is 0.338 e. The lowest BCUT2D eigenvalue weighted by Gasteiger charge is -2.32. The zero-order valence-electron chi connectivity index (χ0n) is 10.3. The lowest BCUT2D eigenvalue weighted by atomic mass is 9.89. The van der Waals surface area contributed by atoms with E-state index in [0.29, 0.717) is 30.7 Å². The predicted octanol–water partition coefficient (Wildman–Crippen LogP) is 2.21. The Bertz CT molecular complexity index is 519. The van der Waals surface area contributed by atoms with Crippen LogP contribution in [0.3, 0.4) is 0 Å². The zero-order valence-corrected chi connectivity index (χ0v) is 11.0. The van der Waals surface area contributed by atoms with Crippen LogP contribution in [0.25, 0.3) is 0 Å². The highest BCUT2D eigenvalue weighted by Gasteiger charge is 2.44. The van der Waals surface area contributed by atoms with Crippen molar-refractivity contribution in [2.75, 3.05) is 5.01 Å². The third-order valence-corrected chi connectivity index (χ3v) is 3.87. The van der Waals surface area contributed by atoms with Crippen molar-refractivity contribution in [1.29, 1.82) is 0 Å². The minimum atomic E-state index is -0.482. The Morgan fingerprint density at radius 1 is 1.11 bits per heavy atom. The molecule has 19 heavy (non-hydrogen) atoms. The van der Waals surface area contributed by atoms with E-state index >= 15 is 0 Å². The number of Topliss-reactive ketones (excluding diaryl/α,β-unsaturated/α-hetero) is 1. The van der Waals surface area contributed by atoms with Gasteiger partial charge in [-0.15, -0.1) is 0 Å². The number of hydrazine groups is 1. The normalized spacial score (nSPS) is 21.8. The number of anilines is 1. The van der Waals surface area contributed by atoms with Gasteiger partial charge in [0.15, 0.2) is 0 Å². The van der Waals surface area contributed by atoms with Gasteiger partial charge in [0.2, 0.25) is 0 Å². The number of ketones is 1. The number of urea groups is 1. The fourth-order valence-corrected chi connectivity index (χ4v) is 2.64. The molecule has 1 saturated carbocycles. The fourth-order valence-electron chi connectivity index (χ4n) is 2.52. The van der Waals surface area contributed by atoms with Gasteiger partial charge in [0.25, 0.3) is 0 Å². The van der Waals surface area contributed by atoms with Crippen molar-refractivity contribution >= 4 is 29.1 Å². The molecule has 1 aliphatic carbocycles. The van der Waals surface area contributed by atoms with E-state index in [0.717, 1.165) is 5.69 Å². The molecule has 1 aromatic rings. The highest BCUT2D eigenvalue weighted by atomic mass is 35.5. The average Bonchev–Trinajstić information content (AvgIpc) is 2.72. The maximum Gasteiger partial charge on any atom is 0.338 e. The number of nitrogens with zero attached hydrogens (tertiary/aromatic N) is 1. The molecule has 1 aromatic carbocycles. The molecule has 1 saturated heterocycles. The summed E-state index contributed by atoms with van der Waals surface area (Å²) in [4.78, 5) is 23.4. The molecule has 5 nitrogen and oxygen atoms in total. The van der Waals surface area contributed by atoms with Gasteiger partial charge >= 0.3 is 6.03 Å². The number of amides is 2. The van der Waals surface area contributed by atoms with E-state index in [-0.39, 0.29) is 11.8 Å². The molecule has 0 radical (unpaired) electrons. The van der Waals surface area contributed by atoms with Crippen LogP contribution in [0.4, 0.5) is 10.5 Å². The van der Waals surface area contributed by atoms with Crippen molar-refractivity contribution in [2.24, 2.45) is 0 Å². The molecule has 2 N–H and O–H groups in total. The van der Waals surface area contributed by atoms with Gasteiger partial charge in [0.1, 0.15) is 11.4 Å². The number of carbonyl (C=O) groups excluding carboxylic acids is 2. The number of halogens is 1. The van der Waals surface area contributed by atoms with Crippen LogP contribution >= 0.6 is 11.6 Å². The Morgan fingerprint density at radius 2 is 1.74 bits per heavy atom. The molecule has 2 amide bonds. The molecule has 0 atom stereocenters. The summed E-state index contributed by atoms with van der Waals surface area (Å²) in [5.41, 5.74) is 3.44. The molecule has 0 bridgehead atoms. The van der Waals surface area contributed by atoms with Crippen molar-refractivity contribution in [3.05, 3.63) is 29.3 Å². The monoisotopic (exact) mass is 279 g/mol. The first kappa shape index (κ1) is 12.4. The maximum atomic E-state index is 12.0. The fraction of sp³-hybridized carbons (Fsp3) is 0.385. The molecule has 0 unspecified atom stereocenters. The van der Waals surface area contributed by atoms with Crippen LogP contribution in [0.5, 0.6) is 0 Å². The van der Waals surface area contributed by atoms with Gasteiger partial charge in [0.05, 0.1) is 5.69 Å². The van der Waals surface area contributed by atoms with E-state index < -0.39 is 5.66 Å².